The van der Waals surface area contributed by atoms with Gasteiger partial charge in [-0.05, 0) is 178 Å². The number of hydrogen-bond acceptors (Lipinski definition) is 5. The Morgan fingerprint density at radius 1 is 0.443 bits per heavy atom. The number of imidazole rings is 1. The van der Waals surface area contributed by atoms with Gasteiger partial charge < -0.3 is 38.6 Å². The molecule has 3 aromatic heterocycles. The Labute approximate surface area is 725 Å². The van der Waals surface area contributed by atoms with Crippen LogP contribution in [-0.4, -0.2) is 33.2 Å². The zero-order chi connectivity index (χ0) is 78.7. The van der Waals surface area contributed by atoms with Crippen molar-refractivity contribution in [1.29, 1.82) is 0 Å². The van der Waals surface area contributed by atoms with Gasteiger partial charge in [0.25, 0.3) is 0 Å². The summed E-state index contributed by atoms with van der Waals surface area (Å²) in [5.74, 6) is 0. The average molecular weight is 2010 g/mol. The summed E-state index contributed by atoms with van der Waals surface area (Å²) in [7, 11) is 13.9. The molecule has 15 aromatic rings. The second kappa shape index (κ2) is 32.1. The monoisotopic (exact) mass is 2010 g/mol. The standard InChI is InChI=1S/C51H42N3.C51H40N3.CHO.2ClH.HI.2Pt/c2*1-49(2,3)37-32-47(50(35-17-6-5-7-18-35)43-25-12-8-21-39(43)40-22-9-13-26-44(40)50)52-48(33-37)51(36-19-16-20-38(31-36)54-30-29-53(4)34-54)45-27-14-10-23-41(45)42-24-11-15-28-46(42)51;1-2;;;;;/h5-34H,1-4H3;5-17,19-30,32-34H,1-4H3;1H;3*1H;;/q+1;-3;-1;;;;;+2/p-3/i;;1D;;;;;. The summed E-state index contributed by atoms with van der Waals surface area (Å²) in [6, 6.07) is 124. The van der Waals surface area contributed by atoms with Crippen LogP contribution in [0.2, 0.25) is 0 Å². The molecule has 0 atom stereocenters. The van der Waals surface area contributed by atoms with E-state index in [1.165, 1.54) is 111 Å². The van der Waals surface area contributed by atoms with Crippen LogP contribution in [0.3, 0.4) is 0 Å². The third kappa shape index (κ3) is 13.0. The Balaban J connectivity index is 0.000000168. The molecule has 0 bridgehead atoms. The molecule has 1 aliphatic heterocycles. The number of benzene rings is 12. The van der Waals surface area contributed by atoms with Crippen LogP contribution in [0.1, 0.15) is 144 Å². The second-order valence-corrected chi connectivity index (χ2v) is 35.1. The topological polar surface area (TPSA) is 58.1 Å². The Bertz CT molecular complexity index is 6030. The van der Waals surface area contributed by atoms with Crippen LogP contribution in [-0.2, 0) is 81.9 Å². The summed E-state index contributed by atoms with van der Waals surface area (Å²) in [6.07, 6.45) is 10.5. The number of fused-ring (bicyclic) bond motifs is 12. The summed E-state index contributed by atoms with van der Waals surface area (Å²) in [5.41, 5.74) is 30.0. The molecule has 12 heteroatoms. The third-order valence-electron chi connectivity index (χ3n) is 23.6. The average Bonchev–Trinajstić information content (AvgIpc) is 1.49. The van der Waals surface area contributed by atoms with E-state index in [4.69, 9.17) is 35.0 Å². The van der Waals surface area contributed by atoms with Crippen molar-refractivity contribution in [2.75, 3.05) is 11.9 Å². The Hall–Kier alpha value is -10.2. The number of aryl methyl sites for hydroxylation is 1. The van der Waals surface area contributed by atoms with Crippen LogP contribution < -0.4 is 33.4 Å². The van der Waals surface area contributed by atoms with Crippen molar-refractivity contribution in [2.24, 2.45) is 7.05 Å². The molecule has 0 radical (unpaired) electrons. The van der Waals surface area contributed by atoms with Gasteiger partial charge in [0.1, 0.15) is 18.1 Å². The van der Waals surface area contributed by atoms with Gasteiger partial charge in [-0.1, -0.05) is 278 Å². The van der Waals surface area contributed by atoms with Gasteiger partial charge in [-0.15, -0.1) is 16.8 Å². The van der Waals surface area contributed by atoms with E-state index in [0.29, 0.717) is 0 Å². The number of anilines is 1. The van der Waals surface area contributed by atoms with E-state index < -0.39 is 38.1 Å². The van der Waals surface area contributed by atoms with Crippen molar-refractivity contribution in [3.05, 3.63) is 466 Å². The Kier molecular flexibility index (Phi) is 22.0. The van der Waals surface area contributed by atoms with Gasteiger partial charge in [0.15, 0.2) is 0 Å². The van der Waals surface area contributed by atoms with Crippen LogP contribution in [0, 0.1) is 18.8 Å². The van der Waals surface area contributed by atoms with Crippen LogP contribution in [0.5, 0.6) is 0 Å². The molecule has 0 fully saturated rings. The molecule has 0 unspecified atom stereocenters. The molecule has 4 heterocycles. The normalized spacial score (nSPS) is 14.6. The quantitative estimate of drug-likeness (QED) is 0.0591. The molecular weight excluding hydrogens is 1930 g/mol. The first-order chi connectivity index (χ1) is 55.4. The first-order valence-electron chi connectivity index (χ1n) is 38.6. The van der Waals surface area contributed by atoms with Gasteiger partial charge >= 0.3 is 35.3 Å². The van der Waals surface area contributed by atoms with Crippen molar-refractivity contribution in [1.82, 2.24) is 19.4 Å². The molecule has 4 aliphatic carbocycles. The zero-order valence-electron chi connectivity index (χ0n) is 65.8. The van der Waals surface area contributed by atoms with Crippen LogP contribution >= 0.6 is 18.8 Å². The molecular formula is C103H83Cl2IN6OPt2-4. The fraction of sp³-hybridized carbons (Fsp3) is 0.136. The number of rotatable bonds is 10. The van der Waals surface area contributed by atoms with Gasteiger partial charge in [0.2, 0.25) is 6.33 Å². The molecule has 0 saturated heterocycles. The van der Waals surface area contributed by atoms with Crippen molar-refractivity contribution in [3.8, 4) is 50.2 Å². The maximum absolute atomic E-state index is 8.35. The molecule has 0 spiro atoms. The molecule has 576 valence electrons. The first kappa shape index (κ1) is 78.7. The smallest absolute Gasteiger partial charge is 0 e. The molecule has 5 aliphatic rings. The SMILES string of the molecule is CN1C=CN(c2[c-]c(C3(c4cc(C(C)(C)C)cc(C5(c6[c-]cccc6)c6ccccc6-c6ccccc65)n4)c4ccccc4-c4ccccc43)ccc2)[CH-]1.C[n+]1ccn(-c2cccc(C3(c4cc(C(C)(C)C)cc(C5(c6ccccc6)c6ccccc6-c6ccccc65)n4)c4ccccc4-c4ccccc43)c2)c1.[2H][C-]=O.[Cl][Pt][Cl].[I-].[Pt]. The molecule has 115 heavy (non-hydrogen) atoms. The van der Waals surface area contributed by atoms with Crippen LogP contribution in [0.15, 0.2) is 347 Å². The number of aromatic nitrogens is 4. The largest absolute Gasteiger partial charge is 1.00 e. The minimum atomic E-state index is -0.756. The number of halogens is 3. The maximum atomic E-state index is 8.35. The molecule has 7 nitrogen and oxygen atoms in total. The summed E-state index contributed by atoms with van der Waals surface area (Å²) >= 11 is -0.472. The molecule has 20 rings (SSSR count). The van der Waals surface area contributed by atoms with Gasteiger partial charge in [0.05, 0.1) is 51.5 Å². The van der Waals surface area contributed by atoms with E-state index in [1.807, 2.05) is 13.1 Å². The van der Waals surface area contributed by atoms with E-state index in [0.717, 1.165) is 52.0 Å². The fourth-order valence-electron chi connectivity index (χ4n) is 18.7. The molecule has 0 amide bonds. The van der Waals surface area contributed by atoms with Crippen LogP contribution in [0.4, 0.5) is 5.69 Å². The van der Waals surface area contributed by atoms with Crippen molar-refractivity contribution in [3.63, 3.8) is 0 Å². The van der Waals surface area contributed by atoms with Crippen LogP contribution in [0.25, 0.3) is 50.2 Å². The number of pyridine rings is 2. The van der Waals surface area contributed by atoms with Crippen molar-refractivity contribution in [2.45, 2.75) is 74.0 Å². The molecule has 0 N–H and O–H groups in total. The number of hydrogen-bond donors (Lipinski definition) is 0. The van der Waals surface area contributed by atoms with E-state index in [1.54, 1.807) is 0 Å². The number of carbonyl (C=O) groups excluding carboxylic acids is 1. The molecule has 12 aromatic carbocycles. The van der Waals surface area contributed by atoms with E-state index in [2.05, 4.69) is 427 Å². The Morgan fingerprint density at radius 2 is 0.783 bits per heavy atom. The summed E-state index contributed by atoms with van der Waals surface area (Å²) in [6.45, 7) is 16.8. The van der Waals surface area contributed by atoms with Gasteiger partial charge in [-0.25, -0.2) is 9.13 Å². The van der Waals surface area contributed by atoms with E-state index >= 15 is 0 Å². The van der Waals surface area contributed by atoms with Gasteiger partial charge in [-0.2, -0.15) is 62.6 Å². The van der Waals surface area contributed by atoms with E-state index in [9.17, 15) is 0 Å². The van der Waals surface area contributed by atoms with E-state index in [-0.39, 0.29) is 55.9 Å². The third-order valence-corrected chi connectivity index (χ3v) is 23.6. The summed E-state index contributed by atoms with van der Waals surface area (Å²) < 4.78 is 9.69. The zero-order valence-corrected chi connectivity index (χ0v) is 73.1. The van der Waals surface area contributed by atoms with Crippen molar-refractivity contribution >= 4 is 31.3 Å². The minimum absolute atomic E-state index is 0. The minimum Gasteiger partial charge on any atom is -1.00 e. The van der Waals surface area contributed by atoms with Gasteiger partial charge in [-0.3, -0.25) is 16.7 Å². The molecule has 0 saturated carbocycles. The van der Waals surface area contributed by atoms with Gasteiger partial charge in [0, 0.05) is 21.1 Å². The predicted molar refractivity (Wildman–Crippen MR) is 455 cm³/mol. The first-order valence-corrected chi connectivity index (χ1v) is 43.8. The Morgan fingerprint density at radius 3 is 1.15 bits per heavy atom. The number of nitrogens with zero attached hydrogens (tertiary/aromatic N) is 6. The maximum Gasteiger partial charge on any atom is 0 e. The summed E-state index contributed by atoms with van der Waals surface area (Å²) in [4.78, 5) is 24.7. The summed E-state index contributed by atoms with van der Waals surface area (Å²) in [5, 5.41) is 0. The second-order valence-electron chi connectivity index (χ2n) is 31.8. The predicted octanol–water partition coefficient (Wildman–Crippen LogP) is 19.9. The fourth-order valence-corrected chi connectivity index (χ4v) is 18.7. The van der Waals surface area contributed by atoms with Crippen molar-refractivity contribution < 1.29 is 72.3 Å².